The van der Waals surface area contributed by atoms with Gasteiger partial charge in [0.05, 0.1) is 17.5 Å². The summed E-state index contributed by atoms with van der Waals surface area (Å²) in [5.41, 5.74) is 3.00. The Kier molecular flexibility index (Phi) is 4.94. The molecule has 0 radical (unpaired) electrons. The van der Waals surface area contributed by atoms with E-state index in [9.17, 15) is 18.4 Å². The van der Waals surface area contributed by atoms with E-state index in [0.29, 0.717) is 16.3 Å². The topological polar surface area (TPSA) is 64.0 Å². The van der Waals surface area contributed by atoms with Crippen LogP contribution in [0.1, 0.15) is 5.56 Å². The van der Waals surface area contributed by atoms with Crippen molar-refractivity contribution in [1.29, 1.82) is 0 Å². The monoisotopic (exact) mass is 411 g/mol. The molecule has 0 fully saturated rings. The highest BCUT2D eigenvalue weighted by atomic mass is 32.1. The van der Waals surface area contributed by atoms with Gasteiger partial charge in [0, 0.05) is 17.0 Å². The molecule has 0 atom stereocenters. The number of anilines is 1. The minimum Gasteiger partial charge on any atom is -0.322 e. The van der Waals surface area contributed by atoms with Crippen LogP contribution in [0.4, 0.5) is 14.5 Å². The number of carbonyl (C=O) groups excluding carboxylic acids is 1. The predicted molar refractivity (Wildman–Crippen MR) is 109 cm³/mol. The molecule has 0 aliphatic heterocycles. The average Bonchev–Trinajstić information content (AvgIpc) is 3.12. The van der Waals surface area contributed by atoms with Crippen molar-refractivity contribution in [1.82, 2.24) is 9.55 Å². The number of thiophene rings is 1. The van der Waals surface area contributed by atoms with Gasteiger partial charge in [-0.2, -0.15) is 0 Å². The average molecular weight is 411 g/mol. The summed E-state index contributed by atoms with van der Waals surface area (Å²) in [4.78, 5) is 29.3. The number of benzene rings is 2. The second kappa shape index (κ2) is 7.56. The van der Waals surface area contributed by atoms with Crippen molar-refractivity contribution in [2.45, 2.75) is 13.5 Å². The molecule has 2 heterocycles. The van der Waals surface area contributed by atoms with E-state index < -0.39 is 17.5 Å². The molecular weight excluding hydrogens is 396 g/mol. The standard InChI is InChI=1S/C21H15F2N3O2S/c1-12-2-4-13(5-3-12)15-10-29-20-19(15)24-11-26(21(20)28)9-18(27)25-17-7-6-14(22)8-16(17)23/h2-8,10-11H,9H2,1H3,(H,25,27). The van der Waals surface area contributed by atoms with Crippen molar-refractivity contribution in [3.63, 3.8) is 0 Å². The van der Waals surface area contributed by atoms with Gasteiger partial charge in [-0.1, -0.05) is 29.8 Å². The first-order chi connectivity index (χ1) is 13.9. The number of rotatable bonds is 4. The molecule has 0 unspecified atom stereocenters. The highest BCUT2D eigenvalue weighted by Gasteiger charge is 2.15. The van der Waals surface area contributed by atoms with Crippen LogP contribution in [-0.4, -0.2) is 15.5 Å². The van der Waals surface area contributed by atoms with Gasteiger partial charge in [0.1, 0.15) is 22.9 Å². The van der Waals surface area contributed by atoms with Crippen LogP contribution in [-0.2, 0) is 11.3 Å². The normalized spacial score (nSPS) is 11.0. The first-order valence-electron chi connectivity index (χ1n) is 8.71. The van der Waals surface area contributed by atoms with Crippen molar-refractivity contribution in [2.24, 2.45) is 0 Å². The summed E-state index contributed by atoms with van der Waals surface area (Å²) < 4.78 is 28.3. The Morgan fingerprint density at radius 1 is 1.17 bits per heavy atom. The number of aryl methyl sites for hydroxylation is 1. The van der Waals surface area contributed by atoms with Gasteiger partial charge in [-0.05, 0) is 24.6 Å². The summed E-state index contributed by atoms with van der Waals surface area (Å²) in [7, 11) is 0. The number of fused-ring (bicyclic) bond motifs is 1. The van der Waals surface area contributed by atoms with E-state index in [1.54, 1.807) is 0 Å². The number of nitrogens with zero attached hydrogens (tertiary/aromatic N) is 2. The molecule has 0 aliphatic rings. The van der Waals surface area contributed by atoms with Gasteiger partial charge in [0.2, 0.25) is 5.91 Å². The molecular formula is C21H15F2N3O2S. The van der Waals surface area contributed by atoms with Gasteiger partial charge in [0.25, 0.3) is 5.56 Å². The van der Waals surface area contributed by atoms with E-state index in [-0.39, 0.29) is 17.8 Å². The van der Waals surface area contributed by atoms with E-state index in [0.717, 1.165) is 33.4 Å². The Morgan fingerprint density at radius 2 is 1.93 bits per heavy atom. The van der Waals surface area contributed by atoms with Gasteiger partial charge in [0.15, 0.2) is 0 Å². The highest BCUT2D eigenvalue weighted by molar-refractivity contribution is 7.17. The molecule has 2 aromatic carbocycles. The lowest BCUT2D eigenvalue weighted by Gasteiger charge is -2.08. The molecule has 0 bridgehead atoms. The molecule has 29 heavy (non-hydrogen) atoms. The van der Waals surface area contributed by atoms with E-state index in [4.69, 9.17) is 0 Å². The molecule has 0 saturated carbocycles. The lowest BCUT2D eigenvalue weighted by molar-refractivity contribution is -0.116. The van der Waals surface area contributed by atoms with Crippen LogP contribution in [0.25, 0.3) is 21.3 Å². The second-order valence-corrected chi connectivity index (χ2v) is 7.42. The van der Waals surface area contributed by atoms with Crippen molar-refractivity contribution >= 4 is 33.1 Å². The molecule has 1 N–H and O–H groups in total. The maximum Gasteiger partial charge on any atom is 0.271 e. The van der Waals surface area contributed by atoms with Crippen molar-refractivity contribution in [2.75, 3.05) is 5.32 Å². The van der Waals surface area contributed by atoms with Gasteiger partial charge >= 0.3 is 0 Å². The van der Waals surface area contributed by atoms with Crippen LogP contribution in [0, 0.1) is 18.6 Å². The van der Waals surface area contributed by atoms with Crippen LogP contribution in [0.5, 0.6) is 0 Å². The Labute approximate surface area is 168 Å². The summed E-state index contributed by atoms with van der Waals surface area (Å²) in [6.45, 7) is 1.66. The first-order valence-corrected chi connectivity index (χ1v) is 9.59. The molecule has 4 rings (SSSR count). The molecule has 5 nitrogen and oxygen atoms in total. The van der Waals surface area contributed by atoms with Crippen molar-refractivity contribution < 1.29 is 13.6 Å². The van der Waals surface area contributed by atoms with E-state index in [2.05, 4.69) is 10.3 Å². The minimum absolute atomic E-state index is 0.156. The number of carbonyl (C=O) groups is 1. The highest BCUT2D eigenvalue weighted by Crippen LogP contribution is 2.30. The smallest absolute Gasteiger partial charge is 0.271 e. The van der Waals surface area contributed by atoms with Crippen LogP contribution in [0.3, 0.4) is 0 Å². The van der Waals surface area contributed by atoms with E-state index >= 15 is 0 Å². The van der Waals surface area contributed by atoms with E-state index in [1.807, 2.05) is 36.6 Å². The Hall–Kier alpha value is -3.39. The largest absolute Gasteiger partial charge is 0.322 e. The zero-order valence-corrected chi connectivity index (χ0v) is 16.1. The molecule has 146 valence electrons. The summed E-state index contributed by atoms with van der Waals surface area (Å²) >= 11 is 1.26. The van der Waals surface area contributed by atoms with Crippen molar-refractivity contribution in [3.05, 3.63) is 81.7 Å². The van der Waals surface area contributed by atoms with Gasteiger partial charge in [-0.3, -0.25) is 14.2 Å². The molecule has 1 amide bonds. The Bertz CT molecular complexity index is 1280. The quantitative estimate of drug-likeness (QED) is 0.543. The fraction of sp³-hybridized carbons (Fsp3) is 0.0952. The summed E-state index contributed by atoms with van der Waals surface area (Å²) in [6, 6.07) is 10.7. The molecule has 0 spiro atoms. The Balaban J connectivity index is 1.60. The molecule has 2 aromatic heterocycles. The fourth-order valence-electron chi connectivity index (χ4n) is 2.93. The van der Waals surface area contributed by atoms with Gasteiger partial charge in [-0.25, -0.2) is 13.8 Å². The lowest BCUT2D eigenvalue weighted by Crippen LogP contribution is -2.27. The zero-order chi connectivity index (χ0) is 20.5. The Morgan fingerprint density at radius 3 is 2.66 bits per heavy atom. The first kappa shape index (κ1) is 18.9. The predicted octanol–water partition coefficient (Wildman–Crippen LogP) is 4.35. The van der Waals surface area contributed by atoms with Crippen LogP contribution in [0.15, 0.2) is 59.0 Å². The zero-order valence-electron chi connectivity index (χ0n) is 15.3. The molecule has 0 aliphatic carbocycles. The molecule has 8 heteroatoms. The SMILES string of the molecule is Cc1ccc(-c2csc3c(=O)n(CC(=O)Nc4ccc(F)cc4F)cnc23)cc1. The number of aromatic nitrogens is 2. The van der Waals surface area contributed by atoms with Crippen molar-refractivity contribution in [3.8, 4) is 11.1 Å². The number of halogens is 2. The van der Waals surface area contributed by atoms with Gasteiger partial charge in [-0.15, -0.1) is 11.3 Å². The minimum atomic E-state index is -0.889. The number of hydrogen-bond acceptors (Lipinski definition) is 4. The number of amides is 1. The van der Waals surface area contributed by atoms with Crippen LogP contribution < -0.4 is 10.9 Å². The molecule has 0 saturated heterocycles. The third-order valence-electron chi connectivity index (χ3n) is 4.43. The summed E-state index contributed by atoms with van der Waals surface area (Å²) in [5.74, 6) is -2.25. The van der Waals surface area contributed by atoms with E-state index in [1.165, 1.54) is 17.7 Å². The van der Waals surface area contributed by atoms with Gasteiger partial charge < -0.3 is 5.32 Å². The number of hydrogen-bond donors (Lipinski definition) is 1. The summed E-state index contributed by atoms with van der Waals surface area (Å²) in [6.07, 6.45) is 1.30. The summed E-state index contributed by atoms with van der Waals surface area (Å²) in [5, 5.41) is 4.20. The third-order valence-corrected chi connectivity index (χ3v) is 5.39. The lowest BCUT2D eigenvalue weighted by atomic mass is 10.1. The maximum atomic E-state index is 13.7. The second-order valence-electron chi connectivity index (χ2n) is 6.54. The fourth-order valence-corrected chi connectivity index (χ4v) is 3.90. The van der Waals surface area contributed by atoms with Crippen LogP contribution >= 0.6 is 11.3 Å². The number of nitrogens with one attached hydrogen (secondary N) is 1. The van der Waals surface area contributed by atoms with Crippen LogP contribution in [0.2, 0.25) is 0 Å². The molecule has 4 aromatic rings. The third kappa shape index (κ3) is 3.79. The maximum absolute atomic E-state index is 13.7.